The largest absolute Gasteiger partial charge is 0.391 e. The molecule has 0 radical (unpaired) electrons. The van der Waals surface area contributed by atoms with Crippen LogP contribution in [0.15, 0.2) is 12.1 Å². The van der Waals surface area contributed by atoms with Crippen molar-refractivity contribution in [2.45, 2.75) is 19.0 Å². The lowest BCUT2D eigenvalue weighted by Gasteiger charge is -2.33. The summed E-state index contributed by atoms with van der Waals surface area (Å²) in [6, 6.07) is 2.17. The zero-order valence-corrected chi connectivity index (χ0v) is 12.8. The number of hydrogen-bond donors (Lipinski definition) is 0. The fraction of sp³-hybridized carbons (Fsp3) is 0.462. The molecule has 0 N–H and O–H groups in total. The minimum Gasteiger partial charge on any atom is -0.338 e. The Hall–Kier alpha value is -0.930. The number of carbonyl (C=O) groups excluding carboxylic acids is 1. The van der Waals surface area contributed by atoms with Gasteiger partial charge in [-0.25, -0.2) is 8.78 Å². The molecule has 1 aliphatic rings. The van der Waals surface area contributed by atoms with Crippen molar-refractivity contribution in [3.05, 3.63) is 32.9 Å². The molecule has 116 valence electrons. The van der Waals surface area contributed by atoms with Crippen LogP contribution in [0.2, 0.25) is 0 Å². The first-order valence-electron chi connectivity index (χ1n) is 6.21. The van der Waals surface area contributed by atoms with Gasteiger partial charge in [0.2, 0.25) is 0 Å². The molecule has 1 aromatic rings. The van der Waals surface area contributed by atoms with Crippen molar-refractivity contribution in [2.75, 3.05) is 13.1 Å². The molecule has 1 heterocycles. The zero-order valence-electron chi connectivity index (χ0n) is 10.7. The van der Waals surface area contributed by atoms with Crippen LogP contribution < -0.4 is 0 Å². The number of hydrogen-bond acceptors (Lipinski definition) is 1. The average Bonchev–Trinajstić information content (AvgIpc) is 2.42. The van der Waals surface area contributed by atoms with Gasteiger partial charge in [0, 0.05) is 16.7 Å². The van der Waals surface area contributed by atoms with E-state index in [1.54, 1.807) is 22.6 Å². The molecule has 8 heteroatoms. The predicted octanol–water partition coefficient (Wildman–Crippen LogP) is 3.98. The SMILES string of the molecule is O=C(c1c(F)ccc(I)c1F)N1CCC(C(F)(F)F)CC1. The third kappa shape index (κ3) is 3.46. The molecule has 1 aliphatic heterocycles. The van der Waals surface area contributed by atoms with E-state index in [1.165, 1.54) is 6.07 Å². The van der Waals surface area contributed by atoms with Crippen molar-refractivity contribution >= 4 is 28.5 Å². The quantitative estimate of drug-likeness (QED) is 0.383. The van der Waals surface area contributed by atoms with Crippen molar-refractivity contribution in [2.24, 2.45) is 5.92 Å². The molecule has 0 aliphatic carbocycles. The lowest BCUT2D eigenvalue weighted by molar-refractivity contribution is -0.183. The highest BCUT2D eigenvalue weighted by atomic mass is 127. The minimum absolute atomic E-state index is 0.0857. The Morgan fingerprint density at radius 3 is 2.29 bits per heavy atom. The van der Waals surface area contributed by atoms with Gasteiger partial charge < -0.3 is 4.90 Å². The van der Waals surface area contributed by atoms with Crippen LogP contribution in [0.25, 0.3) is 0 Å². The lowest BCUT2D eigenvalue weighted by atomic mass is 9.96. The van der Waals surface area contributed by atoms with Crippen molar-refractivity contribution in [3.8, 4) is 0 Å². The van der Waals surface area contributed by atoms with Crippen LogP contribution in [0, 0.1) is 21.1 Å². The minimum atomic E-state index is -4.30. The van der Waals surface area contributed by atoms with Gasteiger partial charge in [-0.2, -0.15) is 13.2 Å². The van der Waals surface area contributed by atoms with Gasteiger partial charge in [0.05, 0.1) is 5.92 Å². The number of alkyl halides is 3. The first-order valence-corrected chi connectivity index (χ1v) is 7.29. The summed E-state index contributed by atoms with van der Waals surface area (Å²) >= 11 is 1.62. The lowest BCUT2D eigenvalue weighted by Crippen LogP contribution is -2.42. The van der Waals surface area contributed by atoms with E-state index in [0.717, 1.165) is 11.0 Å². The van der Waals surface area contributed by atoms with Crippen LogP contribution in [0.3, 0.4) is 0 Å². The molecule has 2 nitrogen and oxygen atoms in total. The highest BCUT2D eigenvalue weighted by molar-refractivity contribution is 14.1. The summed E-state index contributed by atoms with van der Waals surface area (Å²) in [6.07, 6.45) is -4.79. The van der Waals surface area contributed by atoms with Crippen molar-refractivity contribution in [1.82, 2.24) is 4.90 Å². The van der Waals surface area contributed by atoms with Crippen LogP contribution in [0.1, 0.15) is 23.2 Å². The Bertz CT molecular complexity index is 552. The van der Waals surface area contributed by atoms with Crippen LogP contribution in [-0.4, -0.2) is 30.1 Å². The van der Waals surface area contributed by atoms with E-state index in [1.807, 2.05) is 0 Å². The smallest absolute Gasteiger partial charge is 0.338 e. The second-order valence-corrected chi connectivity index (χ2v) is 5.99. The Morgan fingerprint density at radius 2 is 1.76 bits per heavy atom. The molecule has 0 spiro atoms. The van der Waals surface area contributed by atoms with E-state index in [4.69, 9.17) is 0 Å². The van der Waals surface area contributed by atoms with Crippen molar-refractivity contribution in [3.63, 3.8) is 0 Å². The molecule has 1 amide bonds. The molecule has 1 fully saturated rings. The van der Waals surface area contributed by atoms with Gasteiger partial charge in [-0.3, -0.25) is 4.79 Å². The Kier molecular flexibility index (Phi) is 4.74. The summed E-state index contributed by atoms with van der Waals surface area (Å²) in [4.78, 5) is 13.2. The first-order chi connectivity index (χ1) is 9.71. The number of nitrogens with zero attached hydrogens (tertiary/aromatic N) is 1. The Morgan fingerprint density at radius 1 is 1.19 bits per heavy atom. The van der Waals surface area contributed by atoms with E-state index in [2.05, 4.69) is 0 Å². The fourth-order valence-electron chi connectivity index (χ4n) is 2.29. The predicted molar refractivity (Wildman–Crippen MR) is 73.8 cm³/mol. The van der Waals surface area contributed by atoms with E-state index >= 15 is 0 Å². The summed E-state index contributed by atoms with van der Waals surface area (Å²) < 4.78 is 65.2. The van der Waals surface area contributed by atoms with Gasteiger partial charge in [0.25, 0.3) is 5.91 Å². The van der Waals surface area contributed by atoms with Gasteiger partial charge >= 0.3 is 6.18 Å². The maximum atomic E-state index is 13.9. The molecule has 2 rings (SSSR count). The molecule has 0 bridgehead atoms. The molecule has 0 saturated carbocycles. The number of amides is 1. The van der Waals surface area contributed by atoms with Crippen molar-refractivity contribution in [1.29, 1.82) is 0 Å². The Balaban J connectivity index is 2.15. The summed E-state index contributed by atoms with van der Waals surface area (Å²) in [5.74, 6) is -4.34. The number of benzene rings is 1. The molecule has 0 atom stereocenters. The summed E-state index contributed by atoms with van der Waals surface area (Å²) in [5.41, 5.74) is -0.702. The number of carbonyl (C=O) groups is 1. The van der Waals surface area contributed by atoms with Gasteiger partial charge in [-0.05, 0) is 47.6 Å². The maximum absolute atomic E-state index is 13.9. The van der Waals surface area contributed by atoms with E-state index in [0.29, 0.717) is 0 Å². The standard InChI is InChI=1S/C13H11F5INO/c14-8-1-2-9(19)11(15)10(8)12(21)20-5-3-7(4-6-20)13(16,17)18/h1-2,7H,3-6H2. The number of likely N-dealkylation sites (tertiary alicyclic amines) is 1. The van der Waals surface area contributed by atoms with Gasteiger partial charge in [0.15, 0.2) is 5.82 Å². The van der Waals surface area contributed by atoms with Gasteiger partial charge in [-0.1, -0.05) is 0 Å². The van der Waals surface area contributed by atoms with Gasteiger partial charge in [0.1, 0.15) is 11.4 Å². The average molecular weight is 419 g/mol. The highest BCUT2D eigenvalue weighted by Crippen LogP contribution is 2.34. The molecule has 1 saturated heterocycles. The molecular formula is C13H11F5INO. The molecule has 0 unspecified atom stereocenters. The molecular weight excluding hydrogens is 408 g/mol. The highest BCUT2D eigenvalue weighted by Gasteiger charge is 2.42. The molecule has 21 heavy (non-hydrogen) atoms. The van der Waals surface area contributed by atoms with Crippen LogP contribution in [0.4, 0.5) is 22.0 Å². The summed E-state index contributed by atoms with van der Waals surface area (Å²) in [7, 11) is 0. The zero-order chi connectivity index (χ0) is 15.8. The summed E-state index contributed by atoms with van der Waals surface area (Å²) in [6.45, 7) is -0.319. The van der Waals surface area contributed by atoms with Crippen LogP contribution in [0.5, 0.6) is 0 Å². The van der Waals surface area contributed by atoms with E-state index in [9.17, 15) is 26.7 Å². The normalized spacial score (nSPS) is 17.1. The van der Waals surface area contributed by atoms with Crippen molar-refractivity contribution < 1.29 is 26.7 Å². The topological polar surface area (TPSA) is 20.3 Å². The second-order valence-electron chi connectivity index (χ2n) is 4.83. The monoisotopic (exact) mass is 419 g/mol. The van der Waals surface area contributed by atoms with Gasteiger partial charge in [-0.15, -0.1) is 0 Å². The second kappa shape index (κ2) is 6.05. The first kappa shape index (κ1) is 16.4. The number of rotatable bonds is 1. The fourth-order valence-corrected chi connectivity index (χ4v) is 2.74. The van der Waals surface area contributed by atoms with Crippen LogP contribution >= 0.6 is 22.6 Å². The Labute approximate surface area is 131 Å². The third-order valence-electron chi connectivity index (χ3n) is 3.50. The summed E-state index contributed by atoms with van der Waals surface area (Å²) in [5, 5.41) is 0. The molecule has 0 aromatic heterocycles. The van der Waals surface area contributed by atoms with Crippen LogP contribution in [-0.2, 0) is 0 Å². The number of piperidine rings is 1. The third-order valence-corrected chi connectivity index (χ3v) is 4.34. The number of halogens is 6. The molecule has 1 aromatic carbocycles. The maximum Gasteiger partial charge on any atom is 0.391 e. The van der Waals surface area contributed by atoms with E-state index < -0.39 is 35.2 Å². The van der Waals surface area contributed by atoms with E-state index in [-0.39, 0.29) is 29.5 Å².